The van der Waals surface area contributed by atoms with Crippen molar-refractivity contribution >= 4 is 13.7 Å². The summed E-state index contributed by atoms with van der Waals surface area (Å²) in [6.07, 6.45) is 49.3. The lowest BCUT2D eigenvalue weighted by Gasteiger charge is -2.29. The molecule has 0 aliphatic heterocycles. The Morgan fingerprint density at radius 1 is 0.667 bits per heavy atom. The predicted molar refractivity (Wildman–Crippen MR) is 228 cm³/mol. The van der Waals surface area contributed by atoms with E-state index in [4.69, 9.17) is 9.05 Å². The van der Waals surface area contributed by atoms with E-state index in [-0.39, 0.29) is 12.5 Å². The van der Waals surface area contributed by atoms with E-state index in [9.17, 15) is 19.4 Å². The zero-order valence-corrected chi connectivity index (χ0v) is 35.8. The Balaban J connectivity index is 4.27. The summed E-state index contributed by atoms with van der Waals surface area (Å²) in [5.74, 6) is -0.222. The van der Waals surface area contributed by atoms with Gasteiger partial charge in [0.25, 0.3) is 7.82 Å². The Morgan fingerprint density at radius 2 is 1.13 bits per heavy atom. The fourth-order valence-corrected chi connectivity index (χ4v) is 5.99. The third-order valence-electron chi connectivity index (χ3n) is 8.61. The number of carbonyl (C=O) groups is 1. The Bertz CT molecular complexity index is 1150. The second kappa shape index (κ2) is 36.3. The van der Waals surface area contributed by atoms with E-state index in [1.54, 1.807) is 6.08 Å². The van der Waals surface area contributed by atoms with Gasteiger partial charge in [-0.2, -0.15) is 0 Å². The first-order valence-corrected chi connectivity index (χ1v) is 22.4. The number of nitrogens with zero attached hydrogens (tertiary/aromatic N) is 1. The number of hydrogen-bond donors (Lipinski definition) is 2. The van der Waals surface area contributed by atoms with Crippen molar-refractivity contribution in [3.63, 3.8) is 0 Å². The molecule has 0 rings (SSSR count). The molecule has 0 saturated heterocycles. The predicted octanol–water partition coefficient (Wildman–Crippen LogP) is 10.8. The highest BCUT2D eigenvalue weighted by Crippen LogP contribution is 2.38. The minimum atomic E-state index is -4.58. The van der Waals surface area contributed by atoms with Crippen molar-refractivity contribution in [1.29, 1.82) is 0 Å². The fraction of sp³-hybridized carbons (Fsp3) is 0.667. The molecule has 0 aliphatic rings. The van der Waals surface area contributed by atoms with Gasteiger partial charge in [0.15, 0.2) is 0 Å². The largest absolute Gasteiger partial charge is 0.756 e. The Kier molecular flexibility index (Phi) is 34.8. The van der Waals surface area contributed by atoms with Crippen LogP contribution in [0.25, 0.3) is 0 Å². The molecule has 0 spiro atoms. The monoisotopic (exact) mass is 775 g/mol. The summed E-state index contributed by atoms with van der Waals surface area (Å²) in [6.45, 7) is 4.42. The molecule has 9 heteroatoms. The molecule has 3 atom stereocenters. The van der Waals surface area contributed by atoms with Gasteiger partial charge in [0.05, 0.1) is 39.9 Å². The number of nitrogens with one attached hydrogen (secondary N) is 1. The van der Waals surface area contributed by atoms with Gasteiger partial charge in [0, 0.05) is 6.42 Å². The number of likely N-dealkylation sites (N-methyl/N-ethyl adjacent to an activating group) is 1. The van der Waals surface area contributed by atoms with Gasteiger partial charge in [-0.25, -0.2) is 0 Å². The van der Waals surface area contributed by atoms with Crippen LogP contribution >= 0.6 is 7.82 Å². The number of quaternary nitrogens is 1. The van der Waals surface area contributed by atoms with Crippen molar-refractivity contribution in [3.05, 3.63) is 85.1 Å². The summed E-state index contributed by atoms with van der Waals surface area (Å²) >= 11 is 0. The zero-order chi connectivity index (χ0) is 40.0. The van der Waals surface area contributed by atoms with Crippen molar-refractivity contribution in [1.82, 2.24) is 5.32 Å². The van der Waals surface area contributed by atoms with Gasteiger partial charge >= 0.3 is 0 Å². The van der Waals surface area contributed by atoms with E-state index in [1.807, 2.05) is 27.2 Å². The SMILES string of the molecule is CC/C=C\C/C=C\C/C=C\C/C=C\C/C=C\C/C=C\CCCCCCCCC(=O)NC(COP(=O)([O-])OCC[N+](C)(C)C)C(O)/C=C/CCCCCCC. The highest BCUT2D eigenvalue weighted by molar-refractivity contribution is 7.45. The molecule has 0 fully saturated rings. The van der Waals surface area contributed by atoms with Crippen LogP contribution in [0, 0.1) is 0 Å². The van der Waals surface area contributed by atoms with E-state index >= 15 is 0 Å². The average molecular weight is 775 g/mol. The number of aliphatic hydroxyl groups excluding tert-OH is 1. The quantitative estimate of drug-likeness (QED) is 0.0284. The number of allylic oxidation sites excluding steroid dienone is 13. The summed E-state index contributed by atoms with van der Waals surface area (Å²) in [6, 6.07) is -0.896. The maximum absolute atomic E-state index is 12.8. The minimum absolute atomic E-state index is 0.00962. The highest BCUT2D eigenvalue weighted by Gasteiger charge is 2.23. The van der Waals surface area contributed by atoms with E-state index in [0.29, 0.717) is 17.4 Å². The molecular formula is C45H79N2O6P. The van der Waals surface area contributed by atoms with Gasteiger partial charge in [-0.15, -0.1) is 0 Å². The van der Waals surface area contributed by atoms with Crippen LogP contribution in [0.5, 0.6) is 0 Å². The van der Waals surface area contributed by atoms with E-state index in [2.05, 4.69) is 92.1 Å². The summed E-state index contributed by atoms with van der Waals surface area (Å²) < 4.78 is 23.0. The van der Waals surface area contributed by atoms with Crippen molar-refractivity contribution < 1.29 is 32.9 Å². The van der Waals surface area contributed by atoms with Crippen LogP contribution < -0.4 is 10.2 Å². The first kappa shape index (κ1) is 51.7. The number of unbranched alkanes of at least 4 members (excludes halogenated alkanes) is 11. The van der Waals surface area contributed by atoms with Gasteiger partial charge in [-0.1, -0.05) is 150 Å². The standard InChI is InChI=1S/C45H79N2O6P/c1-6-8-10-12-14-15-16-17-18-19-20-21-22-23-24-25-26-27-28-29-30-31-33-35-37-39-45(49)46-43(44(48)38-36-34-32-13-11-9-7-2)42-53-54(50,51)52-41-40-47(3,4)5/h8,10,14-15,17-18,20-21,23-24,26-27,36,38,43-44,48H,6-7,9,11-13,16,19,22,25,28-35,37,39-42H2,1-5H3,(H-,46,49,50,51)/b10-8-,15-14-,18-17-,21-20-,24-23-,27-26-,38-36+. The summed E-state index contributed by atoms with van der Waals surface area (Å²) in [5.41, 5.74) is 0. The first-order chi connectivity index (χ1) is 26.0. The van der Waals surface area contributed by atoms with Gasteiger partial charge in [-0.3, -0.25) is 9.36 Å². The second-order valence-electron chi connectivity index (χ2n) is 15.0. The Morgan fingerprint density at radius 3 is 1.65 bits per heavy atom. The zero-order valence-electron chi connectivity index (χ0n) is 34.9. The van der Waals surface area contributed by atoms with Crippen LogP contribution in [0.3, 0.4) is 0 Å². The van der Waals surface area contributed by atoms with Crippen LogP contribution in [0.1, 0.15) is 142 Å². The molecule has 3 unspecified atom stereocenters. The molecule has 0 heterocycles. The van der Waals surface area contributed by atoms with Crippen LogP contribution in [0.15, 0.2) is 85.1 Å². The average Bonchev–Trinajstić information content (AvgIpc) is 3.12. The number of phosphoric acid groups is 1. The maximum Gasteiger partial charge on any atom is 0.268 e. The second-order valence-corrected chi connectivity index (χ2v) is 16.4. The number of hydrogen-bond acceptors (Lipinski definition) is 6. The molecule has 310 valence electrons. The van der Waals surface area contributed by atoms with Gasteiger partial charge in [-0.05, 0) is 70.6 Å². The molecule has 1 amide bonds. The topological polar surface area (TPSA) is 108 Å². The maximum atomic E-state index is 12.8. The van der Waals surface area contributed by atoms with Gasteiger partial charge in [0.2, 0.25) is 5.91 Å². The van der Waals surface area contributed by atoms with Crippen LogP contribution in [-0.2, 0) is 18.4 Å². The minimum Gasteiger partial charge on any atom is -0.756 e. The molecule has 8 nitrogen and oxygen atoms in total. The fourth-order valence-electron chi connectivity index (χ4n) is 5.27. The molecular weight excluding hydrogens is 695 g/mol. The summed E-state index contributed by atoms with van der Waals surface area (Å²) in [4.78, 5) is 25.1. The number of carbonyl (C=O) groups excluding carboxylic acids is 1. The van der Waals surface area contributed by atoms with Crippen molar-refractivity contribution in [3.8, 4) is 0 Å². The molecule has 2 N–H and O–H groups in total. The van der Waals surface area contributed by atoms with Gasteiger partial charge in [0.1, 0.15) is 13.2 Å². The Labute approximate surface area is 331 Å². The van der Waals surface area contributed by atoms with E-state index in [1.165, 1.54) is 25.7 Å². The lowest BCUT2D eigenvalue weighted by Crippen LogP contribution is -2.45. The van der Waals surface area contributed by atoms with E-state index < -0.39 is 26.6 Å². The van der Waals surface area contributed by atoms with Crippen molar-refractivity contribution in [2.24, 2.45) is 0 Å². The first-order valence-electron chi connectivity index (χ1n) is 20.9. The van der Waals surface area contributed by atoms with Gasteiger partial charge < -0.3 is 28.8 Å². The number of aliphatic hydroxyl groups is 1. The smallest absolute Gasteiger partial charge is 0.268 e. The van der Waals surface area contributed by atoms with Crippen LogP contribution in [0.2, 0.25) is 0 Å². The molecule has 0 aliphatic carbocycles. The molecule has 0 aromatic heterocycles. The summed E-state index contributed by atoms with van der Waals surface area (Å²) in [5, 5.41) is 13.6. The van der Waals surface area contributed by atoms with Crippen LogP contribution in [-0.4, -0.2) is 68.5 Å². The van der Waals surface area contributed by atoms with E-state index in [0.717, 1.165) is 96.3 Å². The number of rotatable bonds is 36. The lowest BCUT2D eigenvalue weighted by molar-refractivity contribution is -0.870. The molecule has 0 saturated carbocycles. The highest BCUT2D eigenvalue weighted by atomic mass is 31.2. The Hall–Kier alpha value is -2.32. The van der Waals surface area contributed by atoms with Crippen LogP contribution in [0.4, 0.5) is 0 Å². The molecule has 0 aromatic rings. The lowest BCUT2D eigenvalue weighted by atomic mass is 10.1. The number of amides is 1. The molecule has 0 bridgehead atoms. The normalized spacial score (nSPS) is 15.3. The van der Waals surface area contributed by atoms with Crippen molar-refractivity contribution in [2.45, 2.75) is 154 Å². The third kappa shape index (κ3) is 38.0. The molecule has 0 radical (unpaired) electrons. The summed E-state index contributed by atoms with van der Waals surface area (Å²) in [7, 11) is 1.23. The third-order valence-corrected chi connectivity index (χ3v) is 9.58. The molecule has 54 heavy (non-hydrogen) atoms. The number of phosphoric ester groups is 1. The molecule has 0 aromatic carbocycles. The van der Waals surface area contributed by atoms with Crippen molar-refractivity contribution in [2.75, 3.05) is 40.9 Å².